The van der Waals surface area contributed by atoms with Gasteiger partial charge in [0.15, 0.2) is 0 Å². The van der Waals surface area contributed by atoms with Crippen LogP contribution in [0.4, 0.5) is 19.0 Å². The number of halogens is 3. The van der Waals surface area contributed by atoms with Crippen LogP contribution in [0.1, 0.15) is 28.8 Å². The van der Waals surface area contributed by atoms with Crippen LogP contribution >= 0.6 is 0 Å². The summed E-state index contributed by atoms with van der Waals surface area (Å²) in [4.78, 5) is 33.6. The molecule has 1 saturated heterocycles. The lowest BCUT2D eigenvalue weighted by molar-refractivity contribution is -0.137. The van der Waals surface area contributed by atoms with Gasteiger partial charge >= 0.3 is 6.18 Å². The van der Waals surface area contributed by atoms with E-state index in [4.69, 9.17) is 0 Å². The van der Waals surface area contributed by atoms with Gasteiger partial charge < -0.3 is 9.88 Å². The number of para-hydroxylation sites is 1. The molecule has 3 heterocycles. The zero-order valence-corrected chi connectivity index (χ0v) is 16.4. The second-order valence-electron chi connectivity index (χ2n) is 7.36. The molecule has 7 nitrogen and oxygen atoms in total. The number of aromatic nitrogens is 2. The maximum atomic E-state index is 12.7. The van der Waals surface area contributed by atoms with Crippen LogP contribution in [0.5, 0.6) is 0 Å². The minimum atomic E-state index is -4.42. The molecule has 10 heteroatoms. The molecule has 3 N–H and O–H groups in total. The number of anilines is 1. The van der Waals surface area contributed by atoms with Crippen LogP contribution in [0.15, 0.2) is 48.8 Å². The molecule has 0 saturated carbocycles. The summed E-state index contributed by atoms with van der Waals surface area (Å²) in [6, 6.07) is 9.68. The minimum Gasteiger partial charge on any atom is -0.360 e. The van der Waals surface area contributed by atoms with E-state index in [1.807, 2.05) is 29.2 Å². The number of pyridine rings is 1. The first-order chi connectivity index (χ1) is 14.8. The normalized spacial score (nSPS) is 15.1. The number of hydrogen-bond acceptors (Lipinski definition) is 4. The Morgan fingerprint density at radius 3 is 2.48 bits per heavy atom. The van der Waals surface area contributed by atoms with Gasteiger partial charge in [0.25, 0.3) is 5.91 Å². The van der Waals surface area contributed by atoms with Crippen molar-refractivity contribution in [3.8, 4) is 0 Å². The lowest BCUT2D eigenvalue weighted by Gasteiger charge is -2.32. The van der Waals surface area contributed by atoms with Gasteiger partial charge in [0.1, 0.15) is 5.82 Å². The largest absolute Gasteiger partial charge is 0.417 e. The van der Waals surface area contributed by atoms with Gasteiger partial charge in [-0.2, -0.15) is 13.2 Å². The summed E-state index contributed by atoms with van der Waals surface area (Å²) >= 11 is 0. The molecule has 0 radical (unpaired) electrons. The molecule has 2 aromatic heterocycles. The van der Waals surface area contributed by atoms with E-state index in [0.717, 1.165) is 23.2 Å². The van der Waals surface area contributed by atoms with Crippen LogP contribution < -0.4 is 15.8 Å². The summed E-state index contributed by atoms with van der Waals surface area (Å²) < 4.78 is 38.0. The number of nitrogens with one attached hydrogen (secondary N) is 3. The number of benzene rings is 1. The van der Waals surface area contributed by atoms with Gasteiger partial charge in [0.2, 0.25) is 5.91 Å². The number of carbonyl (C=O) groups excluding carboxylic acids is 2. The molecular weight excluding hydrogens is 411 g/mol. The van der Waals surface area contributed by atoms with E-state index in [9.17, 15) is 22.8 Å². The van der Waals surface area contributed by atoms with E-state index in [-0.39, 0.29) is 11.8 Å². The number of piperidine rings is 1. The molecule has 0 spiro atoms. The van der Waals surface area contributed by atoms with Crippen LogP contribution in [0, 0.1) is 5.92 Å². The lowest BCUT2D eigenvalue weighted by atomic mass is 9.96. The molecule has 31 heavy (non-hydrogen) atoms. The Morgan fingerprint density at radius 2 is 1.81 bits per heavy atom. The predicted molar refractivity (Wildman–Crippen MR) is 108 cm³/mol. The highest BCUT2D eigenvalue weighted by Crippen LogP contribution is 2.30. The van der Waals surface area contributed by atoms with Crippen LogP contribution in [0.25, 0.3) is 10.9 Å². The van der Waals surface area contributed by atoms with Gasteiger partial charge in [-0.3, -0.25) is 20.4 Å². The number of H-pyrrole nitrogens is 1. The fraction of sp³-hybridized carbons (Fsp3) is 0.286. The number of carbonyl (C=O) groups is 2. The number of fused-ring (bicyclic) bond motifs is 1. The summed E-state index contributed by atoms with van der Waals surface area (Å²) in [6.45, 7) is 0.958. The number of alkyl halides is 3. The van der Waals surface area contributed by atoms with Crippen molar-refractivity contribution >= 4 is 28.5 Å². The van der Waals surface area contributed by atoms with E-state index in [0.29, 0.717) is 37.3 Å². The van der Waals surface area contributed by atoms with E-state index >= 15 is 0 Å². The first-order valence-electron chi connectivity index (χ1n) is 9.77. The maximum Gasteiger partial charge on any atom is 0.417 e. The molecule has 1 aliphatic heterocycles. The summed E-state index contributed by atoms with van der Waals surface area (Å²) in [5.74, 6) is -0.584. The fourth-order valence-electron chi connectivity index (χ4n) is 3.66. The molecule has 0 aliphatic carbocycles. The highest BCUT2D eigenvalue weighted by atomic mass is 19.4. The topological polar surface area (TPSA) is 90.1 Å². The Kier molecular flexibility index (Phi) is 5.53. The van der Waals surface area contributed by atoms with Crippen molar-refractivity contribution in [2.45, 2.75) is 19.0 Å². The van der Waals surface area contributed by atoms with Crippen LogP contribution in [-0.4, -0.2) is 34.9 Å². The maximum absolute atomic E-state index is 12.7. The van der Waals surface area contributed by atoms with Gasteiger partial charge in [-0.25, -0.2) is 4.98 Å². The smallest absolute Gasteiger partial charge is 0.360 e. The Bertz CT molecular complexity index is 1090. The Balaban J connectivity index is 1.29. The van der Waals surface area contributed by atoms with Crippen molar-refractivity contribution in [1.82, 2.24) is 20.8 Å². The molecule has 1 fully saturated rings. The van der Waals surface area contributed by atoms with Crippen LogP contribution in [0.3, 0.4) is 0 Å². The zero-order valence-electron chi connectivity index (χ0n) is 16.4. The Labute approximate surface area is 175 Å². The monoisotopic (exact) mass is 431 g/mol. The Hall–Kier alpha value is -3.56. The number of hydrazine groups is 1. The summed E-state index contributed by atoms with van der Waals surface area (Å²) in [5.41, 5.74) is 5.38. The molecule has 3 aromatic rings. The molecule has 0 bridgehead atoms. The highest BCUT2D eigenvalue weighted by Gasteiger charge is 2.31. The lowest BCUT2D eigenvalue weighted by Crippen LogP contribution is -2.47. The summed E-state index contributed by atoms with van der Waals surface area (Å²) in [5, 5.41) is 0.756. The summed E-state index contributed by atoms with van der Waals surface area (Å²) in [7, 11) is 0. The highest BCUT2D eigenvalue weighted by molar-refractivity contribution is 6.07. The van der Waals surface area contributed by atoms with Crippen LogP contribution in [0.2, 0.25) is 0 Å². The minimum absolute atomic E-state index is 0.298. The van der Waals surface area contributed by atoms with Gasteiger partial charge in [-0.1, -0.05) is 18.2 Å². The van der Waals surface area contributed by atoms with Gasteiger partial charge in [-0.05, 0) is 31.0 Å². The van der Waals surface area contributed by atoms with Gasteiger partial charge in [-0.15, -0.1) is 0 Å². The van der Waals surface area contributed by atoms with E-state index in [1.165, 1.54) is 6.07 Å². The SMILES string of the molecule is O=C(NNC(=O)C1CCN(c2ccc(C(F)(F)F)cn2)CC1)c1c[nH]c2ccccc12. The van der Waals surface area contributed by atoms with Crippen molar-refractivity contribution in [1.29, 1.82) is 0 Å². The third-order valence-corrected chi connectivity index (χ3v) is 5.40. The van der Waals surface area contributed by atoms with Crippen molar-refractivity contribution in [3.05, 3.63) is 59.9 Å². The van der Waals surface area contributed by atoms with Crippen molar-refractivity contribution < 1.29 is 22.8 Å². The first-order valence-corrected chi connectivity index (χ1v) is 9.77. The number of hydrogen-bond donors (Lipinski definition) is 3. The van der Waals surface area contributed by atoms with E-state index in [2.05, 4.69) is 20.8 Å². The number of amides is 2. The van der Waals surface area contributed by atoms with Gasteiger partial charge in [0, 0.05) is 42.3 Å². The first kappa shape index (κ1) is 20.7. The number of nitrogens with zero attached hydrogens (tertiary/aromatic N) is 2. The molecule has 0 unspecified atom stereocenters. The van der Waals surface area contributed by atoms with Crippen molar-refractivity contribution in [3.63, 3.8) is 0 Å². The quantitative estimate of drug-likeness (QED) is 0.556. The molecule has 1 aliphatic rings. The van der Waals surface area contributed by atoms with E-state index in [1.54, 1.807) is 6.20 Å². The van der Waals surface area contributed by atoms with Crippen LogP contribution in [-0.2, 0) is 11.0 Å². The van der Waals surface area contributed by atoms with Gasteiger partial charge in [0.05, 0.1) is 11.1 Å². The predicted octanol–water partition coefficient (Wildman–Crippen LogP) is 3.26. The summed E-state index contributed by atoms with van der Waals surface area (Å²) in [6.07, 6.45) is -1.03. The third-order valence-electron chi connectivity index (χ3n) is 5.40. The standard InChI is InChI=1S/C21H20F3N5O2/c22-21(23,24)14-5-6-18(26-11-14)29-9-7-13(8-10-29)19(30)27-28-20(31)16-12-25-17-4-2-1-3-15(16)17/h1-6,11-13,25H,7-10H2,(H,27,30)(H,28,31). The molecule has 0 atom stereocenters. The van der Waals surface area contributed by atoms with E-state index < -0.39 is 17.6 Å². The fourth-order valence-corrected chi connectivity index (χ4v) is 3.66. The third kappa shape index (κ3) is 4.47. The number of aromatic amines is 1. The molecule has 1 aromatic carbocycles. The Morgan fingerprint density at radius 1 is 1.06 bits per heavy atom. The molecule has 2 amide bonds. The average molecular weight is 431 g/mol. The van der Waals surface area contributed by atoms with Crippen molar-refractivity contribution in [2.75, 3.05) is 18.0 Å². The second kappa shape index (κ2) is 8.29. The van der Waals surface area contributed by atoms with Crippen molar-refractivity contribution in [2.24, 2.45) is 5.92 Å². The second-order valence-corrected chi connectivity index (χ2v) is 7.36. The average Bonchev–Trinajstić information content (AvgIpc) is 3.21. The zero-order chi connectivity index (χ0) is 22.0. The molecular formula is C21H20F3N5O2. The molecule has 162 valence electrons. The molecule has 4 rings (SSSR count). The number of rotatable bonds is 3.